The molecule has 2 rings (SSSR count). The van der Waals surface area contributed by atoms with Crippen molar-refractivity contribution in [1.29, 1.82) is 5.26 Å². The number of nitrogens with zero attached hydrogens (tertiary/aromatic N) is 1. The fourth-order valence-electron chi connectivity index (χ4n) is 1.52. The molecule has 0 heterocycles. The van der Waals surface area contributed by atoms with Gasteiger partial charge in [-0.05, 0) is 36.4 Å². The SMILES string of the molecule is COc1c(C#N)cccc1Oc1ccc(Br)cc1. The van der Waals surface area contributed by atoms with Crippen LogP contribution in [0, 0.1) is 11.3 Å². The Morgan fingerprint density at radius 2 is 1.83 bits per heavy atom. The van der Waals surface area contributed by atoms with Crippen LogP contribution >= 0.6 is 15.9 Å². The molecule has 0 spiro atoms. The molecule has 0 saturated heterocycles. The molecule has 0 N–H and O–H groups in total. The molecular formula is C14H10BrNO2. The number of ether oxygens (including phenoxy) is 2. The Morgan fingerprint density at radius 3 is 2.44 bits per heavy atom. The van der Waals surface area contributed by atoms with E-state index in [1.165, 1.54) is 7.11 Å². The second-order valence-electron chi connectivity index (χ2n) is 3.50. The maximum absolute atomic E-state index is 8.98. The molecule has 90 valence electrons. The molecule has 0 aliphatic carbocycles. The molecule has 0 bridgehead atoms. The summed E-state index contributed by atoms with van der Waals surface area (Å²) < 4.78 is 11.9. The van der Waals surface area contributed by atoms with E-state index in [0.29, 0.717) is 22.8 Å². The molecule has 0 aliphatic rings. The lowest BCUT2D eigenvalue weighted by Gasteiger charge is -2.11. The number of methoxy groups -OCH3 is 1. The van der Waals surface area contributed by atoms with Crippen LogP contribution in [0.1, 0.15) is 5.56 Å². The van der Waals surface area contributed by atoms with Crippen molar-refractivity contribution in [2.45, 2.75) is 0 Å². The standard InChI is InChI=1S/C14H10BrNO2/c1-17-14-10(9-16)3-2-4-13(14)18-12-7-5-11(15)6-8-12/h2-8H,1H3. The first kappa shape index (κ1) is 12.5. The summed E-state index contributed by atoms with van der Waals surface area (Å²) in [6.07, 6.45) is 0. The van der Waals surface area contributed by atoms with E-state index in [1.54, 1.807) is 18.2 Å². The number of hydrogen-bond donors (Lipinski definition) is 0. The van der Waals surface area contributed by atoms with Crippen molar-refractivity contribution >= 4 is 15.9 Å². The molecule has 0 unspecified atom stereocenters. The molecule has 18 heavy (non-hydrogen) atoms. The monoisotopic (exact) mass is 303 g/mol. The Bertz CT molecular complexity index is 588. The van der Waals surface area contributed by atoms with E-state index in [9.17, 15) is 0 Å². The van der Waals surface area contributed by atoms with Gasteiger partial charge in [-0.2, -0.15) is 5.26 Å². The number of para-hydroxylation sites is 1. The minimum atomic E-state index is 0.447. The third-order valence-electron chi connectivity index (χ3n) is 2.34. The average molecular weight is 304 g/mol. The van der Waals surface area contributed by atoms with Crippen molar-refractivity contribution in [2.24, 2.45) is 0 Å². The van der Waals surface area contributed by atoms with Crippen LogP contribution in [0.2, 0.25) is 0 Å². The highest BCUT2D eigenvalue weighted by molar-refractivity contribution is 9.10. The van der Waals surface area contributed by atoms with Gasteiger partial charge in [-0.25, -0.2) is 0 Å². The smallest absolute Gasteiger partial charge is 0.179 e. The van der Waals surface area contributed by atoms with Crippen LogP contribution in [0.4, 0.5) is 0 Å². The van der Waals surface area contributed by atoms with Gasteiger partial charge in [-0.15, -0.1) is 0 Å². The number of halogens is 1. The lowest BCUT2D eigenvalue weighted by atomic mass is 10.2. The Morgan fingerprint density at radius 1 is 1.11 bits per heavy atom. The largest absolute Gasteiger partial charge is 0.492 e. The quantitative estimate of drug-likeness (QED) is 0.856. The first-order chi connectivity index (χ1) is 8.74. The van der Waals surface area contributed by atoms with Gasteiger partial charge in [0.15, 0.2) is 11.5 Å². The summed E-state index contributed by atoms with van der Waals surface area (Å²) in [5.74, 6) is 1.66. The maximum atomic E-state index is 8.98. The highest BCUT2D eigenvalue weighted by Gasteiger charge is 2.10. The molecule has 2 aromatic carbocycles. The fraction of sp³-hybridized carbons (Fsp3) is 0.0714. The summed E-state index contributed by atoms with van der Waals surface area (Å²) in [7, 11) is 1.52. The minimum Gasteiger partial charge on any atom is -0.492 e. The summed E-state index contributed by atoms with van der Waals surface area (Å²) >= 11 is 3.36. The zero-order valence-corrected chi connectivity index (χ0v) is 11.3. The Hall–Kier alpha value is -1.99. The lowest BCUT2D eigenvalue weighted by Crippen LogP contribution is -1.93. The van der Waals surface area contributed by atoms with Crippen molar-refractivity contribution in [3.05, 3.63) is 52.5 Å². The van der Waals surface area contributed by atoms with Crippen LogP contribution in [0.25, 0.3) is 0 Å². The fourth-order valence-corrected chi connectivity index (χ4v) is 1.79. The van der Waals surface area contributed by atoms with E-state index in [1.807, 2.05) is 24.3 Å². The highest BCUT2D eigenvalue weighted by atomic mass is 79.9. The van der Waals surface area contributed by atoms with E-state index in [0.717, 1.165) is 4.47 Å². The highest BCUT2D eigenvalue weighted by Crippen LogP contribution is 2.34. The van der Waals surface area contributed by atoms with Gasteiger partial charge in [0.2, 0.25) is 0 Å². The van der Waals surface area contributed by atoms with E-state index in [4.69, 9.17) is 14.7 Å². The second kappa shape index (κ2) is 5.56. The summed E-state index contributed by atoms with van der Waals surface area (Å²) in [4.78, 5) is 0. The normalized spacial score (nSPS) is 9.61. The van der Waals surface area contributed by atoms with Crippen molar-refractivity contribution in [1.82, 2.24) is 0 Å². The Labute approximate surface area is 114 Å². The van der Waals surface area contributed by atoms with Gasteiger partial charge in [0.25, 0.3) is 0 Å². The minimum absolute atomic E-state index is 0.447. The van der Waals surface area contributed by atoms with Gasteiger partial charge >= 0.3 is 0 Å². The molecule has 0 amide bonds. The van der Waals surface area contributed by atoms with Crippen LogP contribution < -0.4 is 9.47 Å². The van der Waals surface area contributed by atoms with Crippen LogP contribution in [0.5, 0.6) is 17.2 Å². The molecular weight excluding hydrogens is 294 g/mol. The number of hydrogen-bond acceptors (Lipinski definition) is 3. The first-order valence-electron chi connectivity index (χ1n) is 5.25. The first-order valence-corrected chi connectivity index (χ1v) is 6.04. The van der Waals surface area contributed by atoms with Gasteiger partial charge in [-0.3, -0.25) is 0 Å². The average Bonchev–Trinajstić information content (AvgIpc) is 2.41. The van der Waals surface area contributed by atoms with Crippen molar-refractivity contribution in [3.8, 4) is 23.3 Å². The molecule has 0 aromatic heterocycles. The van der Waals surface area contributed by atoms with E-state index >= 15 is 0 Å². The van der Waals surface area contributed by atoms with Crippen LogP contribution in [0.15, 0.2) is 46.9 Å². The Kier molecular flexibility index (Phi) is 3.85. The van der Waals surface area contributed by atoms with Crippen LogP contribution in [0.3, 0.4) is 0 Å². The van der Waals surface area contributed by atoms with E-state index in [-0.39, 0.29) is 0 Å². The van der Waals surface area contributed by atoms with Crippen LogP contribution in [-0.2, 0) is 0 Å². The van der Waals surface area contributed by atoms with Crippen molar-refractivity contribution < 1.29 is 9.47 Å². The van der Waals surface area contributed by atoms with Gasteiger partial charge in [0, 0.05) is 4.47 Å². The lowest BCUT2D eigenvalue weighted by molar-refractivity contribution is 0.377. The summed E-state index contributed by atoms with van der Waals surface area (Å²) in [6, 6.07) is 14.7. The second-order valence-corrected chi connectivity index (χ2v) is 4.42. The molecule has 4 heteroatoms. The van der Waals surface area contributed by atoms with E-state index < -0.39 is 0 Å². The topological polar surface area (TPSA) is 42.2 Å². The van der Waals surface area contributed by atoms with Gasteiger partial charge in [0.05, 0.1) is 12.7 Å². The van der Waals surface area contributed by atoms with Crippen molar-refractivity contribution in [3.63, 3.8) is 0 Å². The van der Waals surface area contributed by atoms with Gasteiger partial charge in [0.1, 0.15) is 11.8 Å². The predicted octanol–water partition coefficient (Wildman–Crippen LogP) is 4.12. The molecule has 0 atom stereocenters. The van der Waals surface area contributed by atoms with Gasteiger partial charge < -0.3 is 9.47 Å². The van der Waals surface area contributed by atoms with Crippen LogP contribution in [-0.4, -0.2) is 7.11 Å². The molecule has 0 radical (unpaired) electrons. The molecule has 2 aromatic rings. The summed E-state index contributed by atoms with van der Waals surface area (Å²) in [5, 5.41) is 8.98. The predicted molar refractivity (Wildman–Crippen MR) is 71.9 cm³/mol. The third kappa shape index (κ3) is 2.63. The maximum Gasteiger partial charge on any atom is 0.179 e. The molecule has 3 nitrogen and oxygen atoms in total. The number of rotatable bonds is 3. The number of benzene rings is 2. The molecule has 0 fully saturated rings. The molecule has 0 saturated carbocycles. The zero-order valence-electron chi connectivity index (χ0n) is 9.68. The zero-order chi connectivity index (χ0) is 13.0. The van der Waals surface area contributed by atoms with Gasteiger partial charge in [-0.1, -0.05) is 22.0 Å². The van der Waals surface area contributed by atoms with Crippen molar-refractivity contribution in [2.75, 3.05) is 7.11 Å². The third-order valence-corrected chi connectivity index (χ3v) is 2.87. The Balaban J connectivity index is 2.34. The summed E-state index contributed by atoms with van der Waals surface area (Å²) in [6.45, 7) is 0. The molecule has 0 aliphatic heterocycles. The summed E-state index contributed by atoms with van der Waals surface area (Å²) in [5.41, 5.74) is 0.451. The van der Waals surface area contributed by atoms with E-state index in [2.05, 4.69) is 22.0 Å². The number of nitriles is 1.